The molecule has 2 aromatic rings. The van der Waals surface area contributed by atoms with Gasteiger partial charge in [0.15, 0.2) is 0 Å². The van der Waals surface area contributed by atoms with Crippen LogP contribution in [0.15, 0.2) is 45.4 Å². The van der Waals surface area contributed by atoms with E-state index in [1.165, 1.54) is 16.7 Å². The van der Waals surface area contributed by atoms with Gasteiger partial charge in [0.2, 0.25) is 5.91 Å². The smallest absolute Gasteiger partial charge is 0.266 e. The molecule has 0 aliphatic carbocycles. The van der Waals surface area contributed by atoms with Gasteiger partial charge in [-0.3, -0.25) is 19.3 Å². The third kappa shape index (κ3) is 4.02. The molecule has 2 amide bonds. The van der Waals surface area contributed by atoms with Crippen LogP contribution in [0.1, 0.15) is 29.3 Å². The van der Waals surface area contributed by atoms with Crippen molar-refractivity contribution in [3.63, 3.8) is 0 Å². The van der Waals surface area contributed by atoms with E-state index in [4.69, 9.17) is 12.2 Å². The van der Waals surface area contributed by atoms with E-state index in [2.05, 4.69) is 0 Å². The Bertz CT molecular complexity index is 1140. The van der Waals surface area contributed by atoms with Gasteiger partial charge in [-0.15, -0.1) is 11.3 Å². The van der Waals surface area contributed by atoms with E-state index in [0.29, 0.717) is 41.3 Å². The number of aromatic nitrogens is 1. The third-order valence-electron chi connectivity index (χ3n) is 6.07. The summed E-state index contributed by atoms with van der Waals surface area (Å²) in [6.07, 6.45) is 3.12. The molecule has 2 fully saturated rings. The van der Waals surface area contributed by atoms with Crippen molar-refractivity contribution in [3.05, 3.63) is 61.5 Å². The summed E-state index contributed by atoms with van der Waals surface area (Å²) in [6.45, 7) is 2.24. The van der Waals surface area contributed by atoms with Gasteiger partial charge in [-0.1, -0.05) is 36.1 Å². The molecule has 6 nitrogen and oxygen atoms in total. The van der Waals surface area contributed by atoms with Gasteiger partial charge in [0, 0.05) is 55.2 Å². The highest BCUT2D eigenvalue weighted by Gasteiger charge is 2.37. The molecular weight excluding hydrogens is 450 g/mol. The number of thioether (sulfide) groups is 1. The Morgan fingerprint density at radius 2 is 2.03 bits per heavy atom. The number of hydrogen-bond donors (Lipinski definition) is 0. The van der Waals surface area contributed by atoms with Crippen LogP contribution in [0.5, 0.6) is 0 Å². The summed E-state index contributed by atoms with van der Waals surface area (Å²) in [5.41, 5.74) is 1.06. The minimum absolute atomic E-state index is 0.0388. The van der Waals surface area contributed by atoms with Crippen molar-refractivity contribution in [3.8, 4) is 0 Å². The first-order chi connectivity index (χ1) is 15.0. The lowest BCUT2D eigenvalue weighted by Crippen LogP contribution is -2.49. The Balaban J connectivity index is 1.23. The van der Waals surface area contributed by atoms with Gasteiger partial charge in [0.1, 0.15) is 4.32 Å². The monoisotopic (exact) mass is 471 g/mol. The van der Waals surface area contributed by atoms with Crippen molar-refractivity contribution in [2.45, 2.75) is 25.3 Å². The SMILES string of the molecule is O=C(CCN1C(=O)/C(=C\c2cccs2)SC1=S)N1CC2C[C@@H](C1)Cn1c2cccc1=O. The summed E-state index contributed by atoms with van der Waals surface area (Å²) in [4.78, 5) is 43.0. The van der Waals surface area contributed by atoms with Crippen LogP contribution < -0.4 is 5.56 Å². The fourth-order valence-corrected chi connectivity index (χ4v) is 6.69. The van der Waals surface area contributed by atoms with E-state index in [9.17, 15) is 14.4 Å². The Kier molecular flexibility index (Phi) is 5.58. The first kappa shape index (κ1) is 20.7. The molecule has 3 aliphatic rings. The third-order valence-corrected chi connectivity index (χ3v) is 8.27. The number of nitrogens with zero attached hydrogens (tertiary/aromatic N) is 3. The Labute approximate surface area is 193 Å². The van der Waals surface area contributed by atoms with Crippen LogP contribution in [-0.2, 0) is 16.1 Å². The lowest BCUT2D eigenvalue weighted by Gasteiger charge is -2.42. The average Bonchev–Trinajstić information content (AvgIpc) is 3.35. The number of carbonyl (C=O) groups is 2. The van der Waals surface area contributed by atoms with Crippen LogP contribution in [-0.4, -0.2) is 50.1 Å². The Hall–Kier alpha value is -2.23. The fraction of sp³-hybridized carbons (Fsp3) is 0.364. The second-order valence-corrected chi connectivity index (χ2v) is 10.8. The quantitative estimate of drug-likeness (QED) is 0.506. The maximum Gasteiger partial charge on any atom is 0.266 e. The maximum absolute atomic E-state index is 13.0. The zero-order chi connectivity index (χ0) is 21.5. The summed E-state index contributed by atoms with van der Waals surface area (Å²) in [5, 5.41) is 1.97. The lowest BCUT2D eigenvalue weighted by molar-refractivity contribution is -0.134. The molecule has 0 radical (unpaired) electrons. The highest BCUT2D eigenvalue weighted by Crippen LogP contribution is 2.36. The normalized spacial score (nSPS) is 24.1. The number of likely N-dealkylation sites (tertiary alicyclic amines) is 1. The van der Waals surface area contributed by atoms with E-state index < -0.39 is 0 Å². The predicted molar refractivity (Wildman–Crippen MR) is 127 cm³/mol. The zero-order valence-corrected chi connectivity index (χ0v) is 19.2. The highest BCUT2D eigenvalue weighted by molar-refractivity contribution is 8.26. The fourth-order valence-electron chi connectivity index (χ4n) is 4.66. The first-order valence-corrected chi connectivity index (χ1v) is 12.4. The largest absolute Gasteiger partial charge is 0.342 e. The molecule has 3 aliphatic heterocycles. The molecule has 2 bridgehead atoms. The van der Waals surface area contributed by atoms with E-state index in [0.717, 1.165) is 17.0 Å². The molecule has 1 unspecified atom stereocenters. The van der Waals surface area contributed by atoms with E-state index >= 15 is 0 Å². The van der Waals surface area contributed by atoms with E-state index in [-0.39, 0.29) is 29.7 Å². The van der Waals surface area contributed by atoms with Crippen molar-refractivity contribution < 1.29 is 9.59 Å². The molecule has 0 saturated carbocycles. The zero-order valence-electron chi connectivity index (χ0n) is 16.7. The number of thiophene rings is 1. The maximum atomic E-state index is 13.0. The van der Waals surface area contributed by atoms with Gasteiger partial charge in [0.05, 0.1) is 4.91 Å². The summed E-state index contributed by atoms with van der Waals surface area (Å²) >= 11 is 8.26. The van der Waals surface area contributed by atoms with Crippen LogP contribution >= 0.6 is 35.3 Å². The minimum atomic E-state index is -0.125. The van der Waals surface area contributed by atoms with Gasteiger partial charge in [-0.05, 0) is 35.9 Å². The predicted octanol–water partition coefficient (Wildman–Crippen LogP) is 3.15. The molecule has 5 rings (SSSR count). The molecule has 31 heavy (non-hydrogen) atoms. The number of hydrogen-bond acceptors (Lipinski definition) is 6. The topological polar surface area (TPSA) is 62.6 Å². The molecule has 5 heterocycles. The summed E-state index contributed by atoms with van der Waals surface area (Å²) < 4.78 is 2.37. The van der Waals surface area contributed by atoms with Crippen molar-refractivity contribution in [1.29, 1.82) is 0 Å². The molecular formula is C22H21N3O3S3. The summed E-state index contributed by atoms with van der Waals surface area (Å²) in [7, 11) is 0. The molecule has 9 heteroatoms. The molecule has 0 aromatic carbocycles. The highest BCUT2D eigenvalue weighted by atomic mass is 32.2. The van der Waals surface area contributed by atoms with Crippen LogP contribution in [0, 0.1) is 5.92 Å². The van der Waals surface area contributed by atoms with Gasteiger partial charge in [-0.2, -0.15) is 0 Å². The summed E-state index contributed by atoms with van der Waals surface area (Å²) in [6, 6.07) is 9.30. The molecule has 160 valence electrons. The second-order valence-electron chi connectivity index (χ2n) is 8.10. The standard InChI is InChI=1S/C22H21N3O3S3/c26-19(6-7-24-21(28)18(31-22(24)29)10-16-3-2-8-30-16)23-11-14-9-15(13-23)17-4-1-5-20(27)25(17)12-14/h1-5,8,10,14-15H,6-7,9,11-13H2/b18-10+/t14-,15?/m0/s1. The number of rotatable bonds is 4. The van der Waals surface area contributed by atoms with Gasteiger partial charge in [0.25, 0.3) is 11.5 Å². The molecule has 0 spiro atoms. The van der Waals surface area contributed by atoms with Crippen LogP contribution in [0.25, 0.3) is 6.08 Å². The van der Waals surface area contributed by atoms with Crippen LogP contribution in [0.3, 0.4) is 0 Å². The molecule has 2 aromatic heterocycles. The van der Waals surface area contributed by atoms with Crippen molar-refractivity contribution in [2.75, 3.05) is 19.6 Å². The second kappa shape index (κ2) is 8.37. The van der Waals surface area contributed by atoms with Crippen LogP contribution in [0.4, 0.5) is 0 Å². The minimum Gasteiger partial charge on any atom is -0.342 e. The lowest BCUT2D eigenvalue weighted by atomic mass is 9.83. The van der Waals surface area contributed by atoms with Gasteiger partial charge < -0.3 is 9.47 Å². The summed E-state index contributed by atoms with van der Waals surface area (Å²) in [5.74, 6) is 0.397. The van der Waals surface area contributed by atoms with Crippen molar-refractivity contribution >= 4 is 57.5 Å². The van der Waals surface area contributed by atoms with Crippen molar-refractivity contribution in [1.82, 2.24) is 14.4 Å². The number of carbonyl (C=O) groups excluding carboxylic acids is 2. The van der Waals surface area contributed by atoms with E-state index in [1.54, 1.807) is 23.5 Å². The van der Waals surface area contributed by atoms with E-state index in [1.807, 2.05) is 39.1 Å². The van der Waals surface area contributed by atoms with Crippen molar-refractivity contribution in [2.24, 2.45) is 5.92 Å². The van der Waals surface area contributed by atoms with Crippen LogP contribution in [0.2, 0.25) is 0 Å². The Morgan fingerprint density at radius 1 is 1.16 bits per heavy atom. The number of thiocarbonyl (C=S) groups is 1. The molecule has 2 atom stereocenters. The average molecular weight is 472 g/mol. The van der Waals surface area contributed by atoms with Gasteiger partial charge >= 0.3 is 0 Å². The molecule has 0 N–H and O–H groups in total. The molecule has 2 saturated heterocycles. The van der Waals surface area contributed by atoms with Gasteiger partial charge in [-0.25, -0.2) is 0 Å². The number of fused-ring (bicyclic) bond motifs is 4. The first-order valence-electron chi connectivity index (χ1n) is 10.3. The number of piperidine rings is 1. The number of amides is 2. The number of pyridine rings is 1. The Morgan fingerprint density at radius 3 is 2.84 bits per heavy atom.